The summed E-state index contributed by atoms with van der Waals surface area (Å²) in [7, 11) is 0. The van der Waals surface area contributed by atoms with Gasteiger partial charge in [0, 0.05) is 11.6 Å². The average molecular weight is 385 g/mol. The molecule has 0 unspecified atom stereocenters. The second-order valence-electron chi connectivity index (χ2n) is 4.32. The molecule has 0 heterocycles. The van der Waals surface area contributed by atoms with Crippen molar-refractivity contribution < 1.29 is 13.9 Å². The number of rotatable bonds is 5. The Morgan fingerprint density at radius 3 is 2.73 bits per heavy atom. The normalized spacial score (nSPS) is 10.1. The standard InChI is InChI=1S/C16H12BrClFNO2/c1-2-21-15-7-10(8-20)6-12(17)16(15)22-9-11-13(18)4-3-5-14(11)19/h3-7H,2,9H2,1H3. The molecule has 0 aliphatic rings. The first kappa shape index (κ1) is 16.6. The van der Waals surface area contributed by atoms with Gasteiger partial charge in [-0.05, 0) is 41.1 Å². The lowest BCUT2D eigenvalue weighted by molar-refractivity contribution is 0.264. The summed E-state index contributed by atoms with van der Waals surface area (Å²) in [6.45, 7) is 2.19. The van der Waals surface area contributed by atoms with Gasteiger partial charge in [-0.3, -0.25) is 0 Å². The second kappa shape index (κ2) is 7.48. The van der Waals surface area contributed by atoms with Crippen LogP contribution in [0.3, 0.4) is 0 Å². The van der Waals surface area contributed by atoms with Crippen molar-refractivity contribution in [3.05, 3.63) is 56.8 Å². The molecular formula is C16H12BrClFNO2. The van der Waals surface area contributed by atoms with Gasteiger partial charge in [-0.1, -0.05) is 17.7 Å². The summed E-state index contributed by atoms with van der Waals surface area (Å²) in [5, 5.41) is 9.29. The van der Waals surface area contributed by atoms with E-state index < -0.39 is 5.82 Å². The Labute approximate surface area is 141 Å². The third-order valence-corrected chi connectivity index (χ3v) is 3.80. The maximum atomic E-state index is 13.8. The molecule has 0 atom stereocenters. The Kier molecular flexibility index (Phi) is 5.64. The van der Waals surface area contributed by atoms with Gasteiger partial charge in [-0.25, -0.2) is 4.39 Å². The summed E-state index contributed by atoms with van der Waals surface area (Å²) in [4.78, 5) is 0. The van der Waals surface area contributed by atoms with E-state index in [0.29, 0.717) is 33.2 Å². The van der Waals surface area contributed by atoms with Crippen molar-refractivity contribution in [3.63, 3.8) is 0 Å². The second-order valence-corrected chi connectivity index (χ2v) is 5.58. The zero-order valence-corrected chi connectivity index (χ0v) is 14.0. The molecule has 0 aromatic heterocycles. The van der Waals surface area contributed by atoms with Gasteiger partial charge in [-0.15, -0.1) is 0 Å². The molecule has 0 aliphatic heterocycles. The molecule has 114 valence electrons. The van der Waals surface area contributed by atoms with Gasteiger partial charge in [0.05, 0.1) is 27.7 Å². The van der Waals surface area contributed by atoms with Gasteiger partial charge in [-0.2, -0.15) is 5.26 Å². The summed E-state index contributed by atoms with van der Waals surface area (Å²) >= 11 is 9.31. The largest absolute Gasteiger partial charge is 0.490 e. The number of ether oxygens (including phenoxy) is 2. The van der Waals surface area contributed by atoms with E-state index in [2.05, 4.69) is 15.9 Å². The third kappa shape index (κ3) is 3.70. The van der Waals surface area contributed by atoms with Gasteiger partial charge in [0.15, 0.2) is 11.5 Å². The summed E-state index contributed by atoms with van der Waals surface area (Å²) in [5.41, 5.74) is 0.703. The molecule has 0 radical (unpaired) electrons. The molecule has 0 bridgehead atoms. The highest BCUT2D eigenvalue weighted by atomic mass is 79.9. The van der Waals surface area contributed by atoms with Crippen LogP contribution < -0.4 is 9.47 Å². The quantitative estimate of drug-likeness (QED) is 0.721. The minimum Gasteiger partial charge on any atom is -0.490 e. The number of nitriles is 1. The van der Waals surface area contributed by atoms with Crippen LogP contribution in [0.2, 0.25) is 5.02 Å². The highest BCUT2D eigenvalue weighted by Gasteiger charge is 2.14. The van der Waals surface area contributed by atoms with Gasteiger partial charge in [0.2, 0.25) is 0 Å². The maximum absolute atomic E-state index is 13.8. The van der Waals surface area contributed by atoms with Crippen molar-refractivity contribution in [2.24, 2.45) is 0 Å². The lowest BCUT2D eigenvalue weighted by atomic mass is 10.2. The van der Waals surface area contributed by atoms with Crippen molar-refractivity contribution in [3.8, 4) is 17.6 Å². The number of hydrogen-bond acceptors (Lipinski definition) is 3. The van der Waals surface area contributed by atoms with E-state index in [1.807, 2.05) is 13.0 Å². The minimum absolute atomic E-state index is 0.0456. The highest BCUT2D eigenvalue weighted by Crippen LogP contribution is 2.37. The van der Waals surface area contributed by atoms with Crippen LogP contribution in [-0.4, -0.2) is 6.61 Å². The van der Waals surface area contributed by atoms with E-state index in [9.17, 15) is 4.39 Å². The summed E-state index contributed by atoms with van der Waals surface area (Å²) in [5.74, 6) is 0.385. The molecule has 2 aromatic rings. The van der Waals surface area contributed by atoms with E-state index in [1.54, 1.807) is 18.2 Å². The molecule has 2 aromatic carbocycles. The average Bonchev–Trinajstić information content (AvgIpc) is 2.48. The molecule has 3 nitrogen and oxygen atoms in total. The predicted octanol–water partition coefficient (Wildman–Crippen LogP) is 5.09. The van der Waals surface area contributed by atoms with E-state index in [1.165, 1.54) is 12.1 Å². The lowest BCUT2D eigenvalue weighted by Crippen LogP contribution is -2.03. The summed E-state index contributed by atoms with van der Waals surface area (Å²) in [6.07, 6.45) is 0. The minimum atomic E-state index is -0.435. The molecular weight excluding hydrogens is 373 g/mol. The molecule has 22 heavy (non-hydrogen) atoms. The SMILES string of the molecule is CCOc1cc(C#N)cc(Br)c1OCc1c(F)cccc1Cl. The Bertz CT molecular complexity index is 711. The number of halogens is 3. The molecule has 2 rings (SSSR count). The number of benzene rings is 2. The van der Waals surface area contributed by atoms with Crippen molar-refractivity contribution in [1.29, 1.82) is 5.26 Å². The van der Waals surface area contributed by atoms with Crippen LogP contribution in [0.15, 0.2) is 34.8 Å². The first-order valence-corrected chi connectivity index (χ1v) is 7.66. The zero-order valence-electron chi connectivity index (χ0n) is 11.7. The third-order valence-electron chi connectivity index (χ3n) is 2.86. The Morgan fingerprint density at radius 2 is 2.09 bits per heavy atom. The lowest BCUT2D eigenvalue weighted by Gasteiger charge is -2.15. The van der Waals surface area contributed by atoms with Crippen LogP contribution in [-0.2, 0) is 6.61 Å². The molecule has 0 saturated carbocycles. The van der Waals surface area contributed by atoms with E-state index in [4.69, 9.17) is 26.3 Å². The predicted molar refractivity (Wildman–Crippen MR) is 85.8 cm³/mol. The first-order valence-electron chi connectivity index (χ1n) is 6.49. The van der Waals surface area contributed by atoms with Gasteiger partial charge in [0.1, 0.15) is 12.4 Å². The van der Waals surface area contributed by atoms with Gasteiger partial charge in [0.25, 0.3) is 0 Å². The summed E-state index contributed by atoms with van der Waals surface area (Å²) < 4.78 is 25.5. The Balaban J connectivity index is 2.31. The van der Waals surface area contributed by atoms with Crippen molar-refractivity contribution in [2.45, 2.75) is 13.5 Å². The number of hydrogen-bond donors (Lipinski definition) is 0. The fraction of sp³-hybridized carbons (Fsp3) is 0.188. The zero-order chi connectivity index (χ0) is 16.1. The molecule has 0 spiro atoms. The van der Waals surface area contributed by atoms with Gasteiger partial charge < -0.3 is 9.47 Å². The molecule has 0 fully saturated rings. The Hall–Kier alpha value is -1.77. The first-order chi connectivity index (χ1) is 10.6. The highest BCUT2D eigenvalue weighted by molar-refractivity contribution is 9.10. The van der Waals surface area contributed by atoms with E-state index in [-0.39, 0.29) is 12.2 Å². The molecule has 0 amide bonds. The van der Waals surface area contributed by atoms with Crippen molar-refractivity contribution in [2.75, 3.05) is 6.61 Å². The fourth-order valence-electron chi connectivity index (χ4n) is 1.85. The van der Waals surface area contributed by atoms with Gasteiger partial charge >= 0.3 is 0 Å². The van der Waals surface area contributed by atoms with Crippen LogP contribution in [0.1, 0.15) is 18.1 Å². The van der Waals surface area contributed by atoms with E-state index in [0.717, 1.165) is 0 Å². The number of nitrogens with zero attached hydrogens (tertiary/aromatic N) is 1. The Morgan fingerprint density at radius 1 is 1.32 bits per heavy atom. The smallest absolute Gasteiger partial charge is 0.175 e. The van der Waals surface area contributed by atoms with E-state index >= 15 is 0 Å². The monoisotopic (exact) mass is 383 g/mol. The fourth-order valence-corrected chi connectivity index (χ4v) is 2.62. The van der Waals surface area contributed by atoms with Crippen LogP contribution in [0, 0.1) is 17.1 Å². The molecule has 0 saturated heterocycles. The molecule has 0 N–H and O–H groups in total. The maximum Gasteiger partial charge on any atom is 0.175 e. The van der Waals surface area contributed by atoms with Crippen molar-refractivity contribution in [1.82, 2.24) is 0 Å². The molecule has 6 heteroatoms. The molecule has 0 aliphatic carbocycles. The van der Waals surface area contributed by atoms with Crippen LogP contribution in [0.25, 0.3) is 0 Å². The summed E-state index contributed by atoms with van der Waals surface area (Å²) in [6, 6.07) is 9.68. The van der Waals surface area contributed by atoms with Crippen molar-refractivity contribution >= 4 is 27.5 Å². The van der Waals surface area contributed by atoms with Crippen LogP contribution in [0.5, 0.6) is 11.5 Å². The topological polar surface area (TPSA) is 42.2 Å². The van der Waals surface area contributed by atoms with Crippen LogP contribution in [0.4, 0.5) is 4.39 Å². The van der Waals surface area contributed by atoms with Crippen LogP contribution >= 0.6 is 27.5 Å².